The van der Waals surface area contributed by atoms with Crippen LogP contribution < -0.4 is 34.3 Å². The number of aromatic hydroxyl groups is 2. The molecule has 2 fully saturated rings. The first kappa shape index (κ1) is 39.2. The van der Waals surface area contributed by atoms with E-state index in [2.05, 4.69) is 21.6 Å². The minimum atomic E-state index is -1.39. The van der Waals surface area contributed by atoms with E-state index in [-0.39, 0.29) is 48.2 Å². The monoisotopic (exact) mass is 844 g/mol. The second kappa shape index (κ2) is 14.9. The summed E-state index contributed by atoms with van der Waals surface area (Å²) in [4.78, 5) is 31.0. The van der Waals surface area contributed by atoms with Crippen molar-refractivity contribution >= 4 is 29.8 Å². The van der Waals surface area contributed by atoms with Crippen molar-refractivity contribution in [2.24, 2.45) is 0 Å². The van der Waals surface area contributed by atoms with Crippen molar-refractivity contribution in [1.82, 2.24) is 15.5 Å². The van der Waals surface area contributed by atoms with Crippen LogP contribution >= 0.6 is 11.8 Å². The molecule has 61 heavy (non-hydrogen) atoms. The zero-order valence-electron chi connectivity index (χ0n) is 33.9. The second-order valence-electron chi connectivity index (χ2n) is 16.2. The lowest BCUT2D eigenvalue weighted by Crippen LogP contribution is -2.69. The van der Waals surface area contributed by atoms with Crippen molar-refractivity contribution in [3.63, 3.8) is 0 Å². The Morgan fingerprint density at radius 1 is 1.02 bits per heavy atom. The average molecular weight is 845 g/mol. The van der Waals surface area contributed by atoms with Crippen LogP contribution in [0.3, 0.4) is 0 Å². The summed E-state index contributed by atoms with van der Waals surface area (Å²) in [7, 11) is 2.99. The van der Waals surface area contributed by atoms with E-state index < -0.39 is 46.9 Å². The second-order valence-corrected chi connectivity index (χ2v) is 17.4. The van der Waals surface area contributed by atoms with Gasteiger partial charge in [-0.25, -0.2) is 9.59 Å². The smallest absolute Gasteiger partial charge is 0.336 e. The number of rotatable bonds is 5. The molecular formula is C46H44N4O10S. The molecule has 7 heterocycles. The summed E-state index contributed by atoms with van der Waals surface area (Å²) in [5.74, 6) is 0.663. The van der Waals surface area contributed by atoms with E-state index >= 15 is 0 Å². The van der Waals surface area contributed by atoms with Gasteiger partial charge in [0.05, 0.1) is 37.6 Å². The van der Waals surface area contributed by atoms with Gasteiger partial charge in [0.2, 0.25) is 6.79 Å². The van der Waals surface area contributed by atoms with Crippen LogP contribution in [0.15, 0.2) is 54.6 Å². The number of nitriles is 1. The number of ether oxygens (including phenoxy) is 6. The van der Waals surface area contributed by atoms with E-state index in [0.717, 1.165) is 22.3 Å². The number of fused-ring (bicyclic) bond motifs is 9. The number of hydrogen-bond acceptors (Lipinski definition) is 15. The molecule has 0 radical (unpaired) electrons. The Morgan fingerprint density at radius 3 is 2.59 bits per heavy atom. The van der Waals surface area contributed by atoms with Gasteiger partial charge in [-0.1, -0.05) is 36.4 Å². The first-order valence-electron chi connectivity index (χ1n) is 20.3. The molecule has 15 heteroatoms. The fourth-order valence-electron chi connectivity index (χ4n) is 10.5. The molecule has 0 aromatic heterocycles. The Balaban J connectivity index is 1.21. The van der Waals surface area contributed by atoms with Crippen molar-refractivity contribution in [3.05, 3.63) is 105 Å². The number of benzene rings is 4. The molecule has 14 nitrogen and oxygen atoms in total. The molecule has 4 aromatic carbocycles. The van der Waals surface area contributed by atoms with E-state index in [4.69, 9.17) is 28.4 Å². The Bertz CT molecular complexity index is 2580. The number of piperazine rings is 1. The predicted molar refractivity (Wildman–Crippen MR) is 223 cm³/mol. The van der Waals surface area contributed by atoms with Crippen LogP contribution in [0, 0.1) is 25.2 Å². The Morgan fingerprint density at radius 2 is 1.82 bits per heavy atom. The van der Waals surface area contributed by atoms with Crippen LogP contribution in [0.5, 0.6) is 40.2 Å². The van der Waals surface area contributed by atoms with Crippen LogP contribution in [0.25, 0.3) is 6.08 Å². The SMILES string of the molecule is COc1cc2c(cc1O)CCN[C@]21CS[C@@H]2c3c(OC(=O)C=Cc4ccccc4)c(C)c4c(c3[C@H](COC1=O)N1C2[C@@H]2NC(Cc3cc(C)c(OC)c(O)c32)[C@@H]1C#N)OCO4. The third-order valence-electron chi connectivity index (χ3n) is 13.1. The largest absolute Gasteiger partial charge is 0.504 e. The van der Waals surface area contributed by atoms with Crippen molar-refractivity contribution in [3.8, 4) is 46.3 Å². The van der Waals surface area contributed by atoms with Gasteiger partial charge in [-0.05, 0) is 72.7 Å². The number of methoxy groups -OCH3 is 2. The van der Waals surface area contributed by atoms with Gasteiger partial charge < -0.3 is 44.0 Å². The quantitative estimate of drug-likeness (QED) is 0.115. The lowest BCUT2D eigenvalue weighted by Gasteiger charge is -2.59. The van der Waals surface area contributed by atoms with Gasteiger partial charge in [0.15, 0.2) is 40.0 Å². The zero-order chi connectivity index (χ0) is 42.3. The molecular weight excluding hydrogens is 801 g/mol. The molecule has 4 aromatic rings. The lowest BCUT2D eigenvalue weighted by molar-refractivity contribution is -0.155. The zero-order valence-corrected chi connectivity index (χ0v) is 34.8. The molecule has 0 amide bonds. The number of carbonyl (C=O) groups excluding carboxylic acids is 2. The molecule has 11 rings (SSSR count). The van der Waals surface area contributed by atoms with Crippen LogP contribution in [0.1, 0.15) is 67.4 Å². The molecule has 314 valence electrons. The molecule has 0 aliphatic carbocycles. The Kier molecular flexibility index (Phi) is 9.59. The number of aryl methyl sites for hydroxylation is 1. The van der Waals surface area contributed by atoms with Gasteiger partial charge in [-0.15, -0.1) is 11.8 Å². The predicted octanol–water partition coefficient (Wildman–Crippen LogP) is 5.34. The number of nitrogens with one attached hydrogen (secondary N) is 2. The standard InChI is InChI=1S/C46H44N4O10S/c1-22-14-26-15-28-29(18-47)50-30-19-57-45(54)46(27-17-32(55-3)31(51)16-25(27)12-13-48-46)20-61-44(38(50)37(49-28)34(26)39(53)40(22)56-4)36-35(30)43-42(58-21-59-43)23(2)41(36)60-33(52)11-10-24-8-6-5-7-9-24/h5-11,14,16-17,28-30,37-38,44,48-49,51,53H,12-13,15,19-21H2,1-4H3/t28?,29-,30-,37+,38?,44+,46+/m0/s1. The molecule has 4 bridgehead atoms. The normalized spacial score (nSPS) is 27.0. The maximum Gasteiger partial charge on any atom is 0.336 e. The highest BCUT2D eigenvalue weighted by atomic mass is 32.2. The summed E-state index contributed by atoms with van der Waals surface area (Å²) in [5.41, 5.74) is 4.97. The average Bonchev–Trinajstić information content (AvgIpc) is 3.76. The topological polar surface area (TPSA) is 181 Å². The summed E-state index contributed by atoms with van der Waals surface area (Å²) in [6, 6.07) is 14.3. The van der Waals surface area contributed by atoms with E-state index in [0.29, 0.717) is 64.5 Å². The van der Waals surface area contributed by atoms with Crippen molar-refractivity contribution in [2.75, 3.05) is 39.9 Å². The summed E-state index contributed by atoms with van der Waals surface area (Å²) in [6.07, 6.45) is 4.07. The first-order chi connectivity index (χ1) is 29.6. The molecule has 2 saturated heterocycles. The number of phenolic OH excluding ortho intramolecular Hbond substituents is 2. The maximum atomic E-state index is 14.9. The molecule has 2 unspecified atom stereocenters. The minimum Gasteiger partial charge on any atom is -0.504 e. The van der Waals surface area contributed by atoms with E-state index in [9.17, 15) is 25.1 Å². The van der Waals surface area contributed by atoms with E-state index in [1.165, 1.54) is 32.1 Å². The molecule has 7 atom stereocenters. The summed E-state index contributed by atoms with van der Waals surface area (Å²) in [6.45, 7) is 3.84. The number of phenols is 2. The van der Waals surface area contributed by atoms with Gasteiger partial charge in [0.1, 0.15) is 18.4 Å². The molecule has 4 N–H and O–H groups in total. The van der Waals surface area contributed by atoms with Crippen LogP contribution in [0.2, 0.25) is 0 Å². The minimum absolute atomic E-state index is 0.0132. The van der Waals surface area contributed by atoms with Gasteiger partial charge in [0.25, 0.3) is 0 Å². The van der Waals surface area contributed by atoms with Crippen LogP contribution in [0.4, 0.5) is 0 Å². The summed E-state index contributed by atoms with van der Waals surface area (Å²) < 4.78 is 36.6. The van der Waals surface area contributed by atoms with Crippen LogP contribution in [-0.4, -0.2) is 85.1 Å². The van der Waals surface area contributed by atoms with E-state index in [1.807, 2.05) is 50.2 Å². The van der Waals surface area contributed by atoms with Crippen molar-refractivity contribution < 1.29 is 48.2 Å². The Hall–Kier alpha value is -5.92. The third-order valence-corrected chi connectivity index (χ3v) is 14.6. The molecule has 7 aliphatic heterocycles. The number of esters is 2. The number of nitrogens with zero attached hydrogens (tertiary/aromatic N) is 2. The Labute approximate surface area is 356 Å². The maximum absolute atomic E-state index is 14.9. The highest BCUT2D eigenvalue weighted by Crippen LogP contribution is 2.63. The number of carbonyl (C=O) groups is 2. The first-order valence-corrected chi connectivity index (χ1v) is 21.3. The summed E-state index contributed by atoms with van der Waals surface area (Å²) >= 11 is 1.46. The third kappa shape index (κ3) is 5.94. The van der Waals surface area contributed by atoms with Crippen LogP contribution in [-0.2, 0) is 32.7 Å². The fraction of sp³-hybridized carbons (Fsp3) is 0.370. The molecule has 1 spiro atoms. The van der Waals surface area contributed by atoms with Crippen molar-refractivity contribution in [1.29, 1.82) is 5.26 Å². The molecule has 7 aliphatic rings. The number of thioether (sulfide) groups is 1. The van der Waals surface area contributed by atoms with Gasteiger partial charge in [0, 0.05) is 52.7 Å². The molecule has 0 saturated carbocycles. The lowest BCUT2D eigenvalue weighted by atomic mass is 9.72. The summed E-state index contributed by atoms with van der Waals surface area (Å²) in [5, 5.41) is 40.7. The fourth-order valence-corrected chi connectivity index (χ4v) is 12.2. The van der Waals surface area contributed by atoms with Gasteiger partial charge in [-0.2, -0.15) is 5.26 Å². The van der Waals surface area contributed by atoms with Gasteiger partial charge in [-0.3, -0.25) is 10.2 Å². The van der Waals surface area contributed by atoms with Crippen molar-refractivity contribution in [2.45, 2.75) is 67.7 Å². The van der Waals surface area contributed by atoms with Gasteiger partial charge >= 0.3 is 11.9 Å². The highest BCUT2D eigenvalue weighted by Gasteiger charge is 2.60. The van der Waals surface area contributed by atoms with E-state index in [1.54, 1.807) is 18.2 Å². The number of hydrogen-bond donors (Lipinski definition) is 4. The highest BCUT2D eigenvalue weighted by molar-refractivity contribution is 7.99.